The Hall–Kier alpha value is -1.82. The van der Waals surface area contributed by atoms with Crippen LogP contribution in [-0.4, -0.2) is 40.7 Å². The second kappa shape index (κ2) is 8.52. The molecule has 3 unspecified atom stereocenters. The predicted octanol–water partition coefficient (Wildman–Crippen LogP) is 2.75. The van der Waals surface area contributed by atoms with Crippen molar-refractivity contribution in [3.8, 4) is 0 Å². The molecule has 134 valence electrons. The molecule has 1 aromatic carbocycles. The number of piperidine rings is 1. The summed E-state index contributed by atoms with van der Waals surface area (Å²) in [6.45, 7) is 5.45. The van der Waals surface area contributed by atoms with Crippen LogP contribution < -0.4 is 5.32 Å². The molecular weight excluding hydrogens is 317 g/mol. The topological polar surface area (TPSA) is 48.4 Å². The van der Waals surface area contributed by atoms with E-state index in [4.69, 9.17) is 0 Å². The van der Waals surface area contributed by atoms with Crippen molar-refractivity contribution in [3.63, 3.8) is 0 Å². The van der Waals surface area contributed by atoms with Crippen LogP contribution >= 0.6 is 0 Å². The van der Waals surface area contributed by atoms with Gasteiger partial charge in [0.05, 0.1) is 11.8 Å². The minimum absolute atomic E-state index is 0.335. The number of halogens is 1. The maximum atomic E-state index is 13.7. The van der Waals surface area contributed by atoms with Crippen LogP contribution in [0.25, 0.3) is 0 Å². The third-order valence-corrected chi connectivity index (χ3v) is 4.94. The molecule has 0 bridgehead atoms. The maximum absolute atomic E-state index is 13.7. The zero-order chi connectivity index (χ0) is 17.6. The molecule has 2 heterocycles. The SMILES string of the molecule is CC1CN(Cc2ccccn2)CCC1NCC(O)c1ccccc1F. The quantitative estimate of drug-likeness (QED) is 0.847. The second-order valence-electron chi connectivity index (χ2n) is 6.87. The fourth-order valence-electron chi connectivity index (χ4n) is 3.52. The van der Waals surface area contributed by atoms with E-state index in [1.54, 1.807) is 18.2 Å². The van der Waals surface area contributed by atoms with E-state index in [0.29, 0.717) is 24.1 Å². The molecule has 2 aromatic rings. The van der Waals surface area contributed by atoms with Crippen molar-refractivity contribution in [1.82, 2.24) is 15.2 Å². The van der Waals surface area contributed by atoms with Gasteiger partial charge in [0.15, 0.2) is 0 Å². The summed E-state index contributed by atoms with van der Waals surface area (Å²) in [4.78, 5) is 6.81. The summed E-state index contributed by atoms with van der Waals surface area (Å²) >= 11 is 0. The van der Waals surface area contributed by atoms with Gasteiger partial charge in [-0.3, -0.25) is 9.88 Å². The maximum Gasteiger partial charge on any atom is 0.129 e. The Morgan fingerprint density at radius 1 is 1.28 bits per heavy atom. The van der Waals surface area contributed by atoms with Crippen molar-refractivity contribution in [2.45, 2.75) is 32.0 Å². The molecule has 0 aliphatic carbocycles. The van der Waals surface area contributed by atoms with Gasteiger partial charge in [0, 0.05) is 44.0 Å². The Kier molecular flexibility index (Phi) is 6.13. The molecule has 1 fully saturated rings. The highest BCUT2D eigenvalue weighted by Gasteiger charge is 2.26. The van der Waals surface area contributed by atoms with Crippen LogP contribution in [0.2, 0.25) is 0 Å². The lowest BCUT2D eigenvalue weighted by Gasteiger charge is -2.37. The van der Waals surface area contributed by atoms with Gasteiger partial charge < -0.3 is 10.4 Å². The van der Waals surface area contributed by atoms with E-state index < -0.39 is 6.10 Å². The Morgan fingerprint density at radius 2 is 2.08 bits per heavy atom. The Bertz CT molecular complexity index is 667. The van der Waals surface area contributed by atoms with Gasteiger partial charge in [-0.1, -0.05) is 31.2 Å². The number of nitrogens with one attached hydrogen (secondary N) is 1. The molecule has 1 aromatic heterocycles. The van der Waals surface area contributed by atoms with Crippen LogP contribution in [0.4, 0.5) is 4.39 Å². The first-order valence-electron chi connectivity index (χ1n) is 8.91. The summed E-state index contributed by atoms with van der Waals surface area (Å²) in [5.41, 5.74) is 1.45. The lowest BCUT2D eigenvalue weighted by atomic mass is 9.93. The number of hydrogen-bond donors (Lipinski definition) is 2. The third kappa shape index (κ3) is 4.84. The lowest BCUT2D eigenvalue weighted by molar-refractivity contribution is 0.118. The number of benzene rings is 1. The number of pyridine rings is 1. The molecule has 4 nitrogen and oxygen atoms in total. The third-order valence-electron chi connectivity index (χ3n) is 4.94. The highest BCUT2D eigenvalue weighted by molar-refractivity contribution is 5.20. The highest BCUT2D eigenvalue weighted by Crippen LogP contribution is 2.20. The minimum Gasteiger partial charge on any atom is -0.387 e. The van der Waals surface area contributed by atoms with Gasteiger partial charge in [0.1, 0.15) is 5.82 Å². The molecule has 1 aliphatic rings. The van der Waals surface area contributed by atoms with Crippen LogP contribution in [0.1, 0.15) is 30.7 Å². The lowest BCUT2D eigenvalue weighted by Crippen LogP contribution is -2.48. The number of nitrogens with zero attached hydrogens (tertiary/aromatic N) is 2. The zero-order valence-corrected chi connectivity index (χ0v) is 14.6. The summed E-state index contributed by atoms with van der Waals surface area (Å²) in [5.74, 6) is 0.111. The monoisotopic (exact) mass is 343 g/mol. The number of hydrogen-bond acceptors (Lipinski definition) is 4. The van der Waals surface area contributed by atoms with E-state index in [0.717, 1.165) is 31.7 Å². The fraction of sp³-hybridized carbons (Fsp3) is 0.450. The van der Waals surface area contributed by atoms with E-state index in [2.05, 4.69) is 28.2 Å². The van der Waals surface area contributed by atoms with Crippen molar-refractivity contribution in [1.29, 1.82) is 0 Å². The average molecular weight is 343 g/mol. The number of aromatic nitrogens is 1. The molecule has 2 N–H and O–H groups in total. The summed E-state index contributed by atoms with van der Waals surface area (Å²) in [7, 11) is 0. The highest BCUT2D eigenvalue weighted by atomic mass is 19.1. The molecule has 3 rings (SSSR count). The van der Waals surface area contributed by atoms with Crippen molar-refractivity contribution in [3.05, 3.63) is 65.7 Å². The van der Waals surface area contributed by atoms with Gasteiger partial charge in [-0.15, -0.1) is 0 Å². The first-order valence-corrected chi connectivity index (χ1v) is 8.91. The normalized spacial score (nSPS) is 22.7. The Balaban J connectivity index is 1.48. The van der Waals surface area contributed by atoms with Gasteiger partial charge in [0.25, 0.3) is 0 Å². The van der Waals surface area contributed by atoms with Crippen molar-refractivity contribution < 1.29 is 9.50 Å². The van der Waals surface area contributed by atoms with Gasteiger partial charge in [-0.2, -0.15) is 0 Å². The van der Waals surface area contributed by atoms with Gasteiger partial charge in [0.2, 0.25) is 0 Å². The van der Waals surface area contributed by atoms with Crippen LogP contribution in [0.15, 0.2) is 48.7 Å². The summed E-state index contributed by atoms with van der Waals surface area (Å²) in [5, 5.41) is 13.7. The molecule has 3 atom stereocenters. The zero-order valence-electron chi connectivity index (χ0n) is 14.6. The first-order chi connectivity index (χ1) is 12.1. The molecule has 1 aliphatic heterocycles. The predicted molar refractivity (Wildman–Crippen MR) is 96.4 cm³/mol. The van der Waals surface area contributed by atoms with Gasteiger partial charge in [-0.05, 0) is 30.5 Å². The molecule has 5 heteroatoms. The average Bonchev–Trinajstić information content (AvgIpc) is 2.62. The minimum atomic E-state index is -0.819. The van der Waals surface area contributed by atoms with E-state index in [-0.39, 0.29) is 5.82 Å². The van der Waals surface area contributed by atoms with E-state index in [9.17, 15) is 9.50 Å². The summed E-state index contributed by atoms with van der Waals surface area (Å²) < 4.78 is 13.7. The number of aliphatic hydroxyl groups excluding tert-OH is 1. The number of rotatable bonds is 6. The summed E-state index contributed by atoms with van der Waals surface area (Å²) in [6.07, 6.45) is 2.02. The molecule has 25 heavy (non-hydrogen) atoms. The molecule has 0 radical (unpaired) electrons. The molecule has 1 saturated heterocycles. The molecule has 0 saturated carbocycles. The number of likely N-dealkylation sites (tertiary alicyclic amines) is 1. The number of aliphatic hydroxyl groups is 1. The molecular formula is C20H26FN3O. The van der Waals surface area contributed by atoms with E-state index in [1.165, 1.54) is 6.07 Å². The van der Waals surface area contributed by atoms with Crippen LogP contribution in [0.3, 0.4) is 0 Å². The Labute approximate surface area is 148 Å². The van der Waals surface area contributed by atoms with Gasteiger partial charge in [-0.25, -0.2) is 4.39 Å². The van der Waals surface area contributed by atoms with Crippen molar-refractivity contribution in [2.24, 2.45) is 5.92 Å². The first kappa shape index (κ1) is 18.0. The standard InChI is InChI=1S/C20H26FN3O/c1-15-13-24(14-16-6-4-5-10-22-16)11-9-19(15)23-12-20(25)17-7-2-3-8-18(17)21/h2-8,10,15,19-20,23,25H,9,11-14H2,1H3. The van der Waals surface area contributed by atoms with Crippen LogP contribution in [0, 0.1) is 11.7 Å². The van der Waals surface area contributed by atoms with Gasteiger partial charge >= 0.3 is 0 Å². The second-order valence-corrected chi connectivity index (χ2v) is 6.87. The van der Waals surface area contributed by atoms with E-state index >= 15 is 0 Å². The fourth-order valence-corrected chi connectivity index (χ4v) is 3.52. The van der Waals surface area contributed by atoms with Crippen LogP contribution in [-0.2, 0) is 6.54 Å². The largest absolute Gasteiger partial charge is 0.387 e. The van der Waals surface area contributed by atoms with Crippen molar-refractivity contribution in [2.75, 3.05) is 19.6 Å². The van der Waals surface area contributed by atoms with E-state index in [1.807, 2.05) is 18.3 Å². The Morgan fingerprint density at radius 3 is 2.80 bits per heavy atom. The van der Waals surface area contributed by atoms with Crippen LogP contribution in [0.5, 0.6) is 0 Å². The molecule has 0 amide bonds. The van der Waals surface area contributed by atoms with Crippen molar-refractivity contribution >= 4 is 0 Å². The summed E-state index contributed by atoms with van der Waals surface area (Å²) in [6, 6.07) is 12.8. The smallest absolute Gasteiger partial charge is 0.129 e. The molecule has 0 spiro atoms.